The van der Waals surface area contributed by atoms with Crippen LogP contribution >= 0.6 is 0 Å². The molecule has 88 valence electrons. The summed E-state index contributed by atoms with van der Waals surface area (Å²) in [5, 5.41) is 0. The van der Waals surface area contributed by atoms with Gasteiger partial charge >= 0.3 is 5.97 Å². The lowest BCUT2D eigenvalue weighted by atomic mass is 9.81. The summed E-state index contributed by atoms with van der Waals surface area (Å²) >= 11 is 0. The number of aromatic nitrogens is 1. The number of esters is 1. The number of carbonyl (C=O) groups excluding carboxylic acids is 1. The molecule has 0 amide bonds. The van der Waals surface area contributed by atoms with Crippen LogP contribution in [0, 0.1) is 5.41 Å². The van der Waals surface area contributed by atoms with Gasteiger partial charge in [-0.2, -0.15) is 0 Å². The van der Waals surface area contributed by atoms with E-state index in [9.17, 15) is 4.79 Å². The summed E-state index contributed by atoms with van der Waals surface area (Å²) in [5.41, 5.74) is 3.34. The number of rotatable bonds is 2. The molecule has 16 heavy (non-hydrogen) atoms. The Kier molecular flexibility index (Phi) is 2.56. The molecule has 1 aromatic heterocycles. The van der Waals surface area contributed by atoms with E-state index in [4.69, 9.17) is 4.74 Å². The number of nitrogens with one attached hydrogen (secondary N) is 1. The van der Waals surface area contributed by atoms with Crippen LogP contribution in [0.5, 0.6) is 0 Å². The molecule has 0 spiro atoms. The summed E-state index contributed by atoms with van der Waals surface area (Å²) in [6.45, 7) is 8.98. The van der Waals surface area contributed by atoms with Gasteiger partial charge in [0.2, 0.25) is 0 Å². The lowest BCUT2D eigenvalue weighted by molar-refractivity contribution is 0.0519. The third kappa shape index (κ3) is 1.64. The number of hydrogen-bond acceptors (Lipinski definition) is 2. The third-order valence-electron chi connectivity index (χ3n) is 3.70. The molecule has 3 heteroatoms. The Morgan fingerprint density at radius 2 is 2.31 bits per heavy atom. The molecule has 0 aliphatic heterocycles. The van der Waals surface area contributed by atoms with E-state index >= 15 is 0 Å². The van der Waals surface area contributed by atoms with Crippen molar-refractivity contribution in [2.75, 3.05) is 6.61 Å². The lowest BCUT2D eigenvalue weighted by Gasteiger charge is -2.23. The van der Waals surface area contributed by atoms with Crippen molar-refractivity contribution in [3.8, 4) is 0 Å². The van der Waals surface area contributed by atoms with Gasteiger partial charge in [0.1, 0.15) is 5.69 Å². The monoisotopic (exact) mass is 221 g/mol. The van der Waals surface area contributed by atoms with Crippen molar-refractivity contribution < 1.29 is 9.53 Å². The van der Waals surface area contributed by atoms with Gasteiger partial charge in [-0.25, -0.2) is 4.79 Å². The Balaban J connectivity index is 2.26. The van der Waals surface area contributed by atoms with E-state index in [1.165, 1.54) is 11.3 Å². The molecule has 1 N–H and O–H groups in total. The van der Waals surface area contributed by atoms with Crippen molar-refractivity contribution in [1.82, 2.24) is 4.98 Å². The van der Waals surface area contributed by atoms with Gasteiger partial charge in [0.05, 0.1) is 6.61 Å². The molecule has 1 aromatic rings. The van der Waals surface area contributed by atoms with Crippen molar-refractivity contribution >= 4 is 5.97 Å². The standard InChI is InChI=1S/C13H19NO2/c1-5-16-12(15)10-6-9-8(2)13(3,4)7-11(9)14-10/h6,8,14H,5,7H2,1-4H3. The summed E-state index contributed by atoms with van der Waals surface area (Å²) in [7, 11) is 0. The van der Waals surface area contributed by atoms with Crippen molar-refractivity contribution in [3.63, 3.8) is 0 Å². The highest BCUT2D eigenvalue weighted by Crippen LogP contribution is 2.46. The first kappa shape index (κ1) is 11.2. The maximum Gasteiger partial charge on any atom is 0.354 e. The predicted octanol–water partition coefficient (Wildman–Crippen LogP) is 2.88. The van der Waals surface area contributed by atoms with E-state index < -0.39 is 0 Å². The molecule has 1 atom stereocenters. The fourth-order valence-corrected chi connectivity index (χ4v) is 2.39. The Bertz CT molecular complexity index is 418. The molecular formula is C13H19NO2. The summed E-state index contributed by atoms with van der Waals surface area (Å²) in [6.07, 6.45) is 1.00. The summed E-state index contributed by atoms with van der Waals surface area (Å²) < 4.78 is 4.98. The number of hydrogen-bond donors (Lipinski definition) is 1. The lowest BCUT2D eigenvalue weighted by Crippen LogP contribution is -2.16. The van der Waals surface area contributed by atoms with Gasteiger partial charge in [-0.1, -0.05) is 20.8 Å². The minimum Gasteiger partial charge on any atom is -0.461 e. The van der Waals surface area contributed by atoms with E-state index in [0.29, 0.717) is 18.2 Å². The van der Waals surface area contributed by atoms with Crippen molar-refractivity contribution in [1.29, 1.82) is 0 Å². The van der Waals surface area contributed by atoms with E-state index in [-0.39, 0.29) is 11.4 Å². The first-order chi connectivity index (χ1) is 7.45. The normalized spacial score (nSPS) is 21.9. The quantitative estimate of drug-likeness (QED) is 0.780. The predicted molar refractivity (Wildman–Crippen MR) is 62.6 cm³/mol. The molecule has 1 heterocycles. The largest absolute Gasteiger partial charge is 0.461 e. The molecule has 1 aliphatic rings. The second-order valence-electron chi connectivity index (χ2n) is 5.22. The fourth-order valence-electron chi connectivity index (χ4n) is 2.39. The number of carbonyl (C=O) groups is 1. The topological polar surface area (TPSA) is 42.1 Å². The van der Waals surface area contributed by atoms with Crippen LogP contribution in [0.3, 0.4) is 0 Å². The number of fused-ring (bicyclic) bond motifs is 1. The molecule has 0 aromatic carbocycles. The summed E-state index contributed by atoms with van der Waals surface area (Å²) in [6, 6.07) is 1.95. The van der Waals surface area contributed by atoms with Gasteiger partial charge in [-0.3, -0.25) is 0 Å². The SMILES string of the molecule is CCOC(=O)c1cc2c([nH]1)CC(C)(C)C2C. The highest BCUT2D eigenvalue weighted by molar-refractivity contribution is 5.88. The first-order valence-corrected chi connectivity index (χ1v) is 5.84. The van der Waals surface area contributed by atoms with E-state index in [1.54, 1.807) is 0 Å². The maximum atomic E-state index is 11.6. The van der Waals surface area contributed by atoms with Crippen LogP contribution in [-0.4, -0.2) is 17.6 Å². The minimum atomic E-state index is -0.248. The first-order valence-electron chi connectivity index (χ1n) is 5.84. The smallest absolute Gasteiger partial charge is 0.354 e. The molecular weight excluding hydrogens is 202 g/mol. The van der Waals surface area contributed by atoms with E-state index in [2.05, 4.69) is 25.8 Å². The van der Waals surface area contributed by atoms with Crippen LogP contribution in [0.2, 0.25) is 0 Å². The van der Waals surface area contributed by atoms with Gasteiger partial charge in [0, 0.05) is 5.69 Å². The van der Waals surface area contributed by atoms with Crippen LogP contribution in [0.4, 0.5) is 0 Å². The zero-order valence-corrected chi connectivity index (χ0v) is 10.4. The fraction of sp³-hybridized carbons (Fsp3) is 0.615. The molecule has 1 unspecified atom stereocenters. The Labute approximate surface area is 96.2 Å². The minimum absolute atomic E-state index is 0.248. The molecule has 0 saturated heterocycles. The Hall–Kier alpha value is -1.25. The zero-order valence-electron chi connectivity index (χ0n) is 10.4. The highest BCUT2D eigenvalue weighted by atomic mass is 16.5. The molecule has 2 rings (SSSR count). The maximum absolute atomic E-state index is 11.6. The third-order valence-corrected chi connectivity index (χ3v) is 3.70. The zero-order chi connectivity index (χ0) is 11.9. The Morgan fingerprint density at radius 1 is 1.62 bits per heavy atom. The molecule has 0 saturated carbocycles. The molecule has 0 fully saturated rings. The average Bonchev–Trinajstić information content (AvgIpc) is 2.67. The van der Waals surface area contributed by atoms with Crippen LogP contribution < -0.4 is 0 Å². The molecule has 3 nitrogen and oxygen atoms in total. The van der Waals surface area contributed by atoms with Gasteiger partial charge < -0.3 is 9.72 Å². The van der Waals surface area contributed by atoms with Gasteiger partial charge in [0.15, 0.2) is 0 Å². The van der Waals surface area contributed by atoms with Crippen LogP contribution in [0.25, 0.3) is 0 Å². The number of H-pyrrole nitrogens is 1. The van der Waals surface area contributed by atoms with Crippen LogP contribution in [0.15, 0.2) is 6.07 Å². The van der Waals surface area contributed by atoms with Gasteiger partial charge in [0.25, 0.3) is 0 Å². The number of ether oxygens (including phenoxy) is 1. The second-order valence-corrected chi connectivity index (χ2v) is 5.22. The van der Waals surface area contributed by atoms with Gasteiger partial charge in [-0.15, -0.1) is 0 Å². The Morgan fingerprint density at radius 3 is 2.88 bits per heavy atom. The summed E-state index contributed by atoms with van der Waals surface area (Å²) in [4.78, 5) is 14.8. The van der Waals surface area contributed by atoms with Crippen molar-refractivity contribution in [2.45, 2.75) is 40.0 Å². The van der Waals surface area contributed by atoms with Crippen molar-refractivity contribution in [3.05, 3.63) is 23.0 Å². The van der Waals surface area contributed by atoms with Crippen molar-refractivity contribution in [2.24, 2.45) is 5.41 Å². The number of aromatic amines is 1. The van der Waals surface area contributed by atoms with Crippen LogP contribution in [0.1, 0.15) is 55.4 Å². The second kappa shape index (κ2) is 3.65. The van der Waals surface area contributed by atoms with E-state index in [0.717, 1.165) is 6.42 Å². The van der Waals surface area contributed by atoms with E-state index in [1.807, 2.05) is 13.0 Å². The summed E-state index contributed by atoms with van der Waals surface area (Å²) in [5.74, 6) is 0.240. The average molecular weight is 221 g/mol. The highest BCUT2D eigenvalue weighted by Gasteiger charge is 2.37. The molecule has 0 radical (unpaired) electrons. The molecule has 0 bridgehead atoms. The van der Waals surface area contributed by atoms with Gasteiger partial charge in [-0.05, 0) is 36.3 Å². The van der Waals surface area contributed by atoms with Crippen LogP contribution in [-0.2, 0) is 11.2 Å². The molecule has 1 aliphatic carbocycles.